The Morgan fingerprint density at radius 3 is 2.60 bits per heavy atom. The van der Waals surface area contributed by atoms with Crippen LogP contribution < -0.4 is 0 Å². The highest BCUT2D eigenvalue weighted by Gasteiger charge is 2.16. The number of aryl methyl sites for hydroxylation is 1. The molecule has 80 valence electrons. The first-order chi connectivity index (χ1) is 7.18. The summed E-state index contributed by atoms with van der Waals surface area (Å²) in [7, 11) is 0. The number of nitrogens with zero attached hydrogens (tertiary/aromatic N) is 1. The van der Waals surface area contributed by atoms with Crippen LogP contribution in [0, 0.1) is 12.3 Å². The molecular weight excluding hydrogens is 188 g/mol. The molecule has 1 aliphatic rings. The Balaban J connectivity index is 2.21. The van der Waals surface area contributed by atoms with Gasteiger partial charge in [-0.25, -0.2) is 0 Å². The average Bonchev–Trinajstić information content (AvgIpc) is 2.74. The van der Waals surface area contributed by atoms with Crippen LogP contribution in [-0.4, -0.2) is 28.9 Å². The maximum atomic E-state index is 9.41. The van der Waals surface area contributed by atoms with E-state index in [4.69, 9.17) is 5.41 Å². The van der Waals surface area contributed by atoms with Crippen molar-refractivity contribution < 1.29 is 5.11 Å². The largest absolute Gasteiger partial charge is 0.508 e. The van der Waals surface area contributed by atoms with E-state index in [-0.39, 0.29) is 0 Å². The zero-order chi connectivity index (χ0) is 10.8. The summed E-state index contributed by atoms with van der Waals surface area (Å²) >= 11 is 0. The predicted molar refractivity (Wildman–Crippen MR) is 60.5 cm³/mol. The van der Waals surface area contributed by atoms with Crippen LogP contribution in [-0.2, 0) is 0 Å². The minimum Gasteiger partial charge on any atom is -0.508 e. The van der Waals surface area contributed by atoms with Crippen molar-refractivity contribution in [2.45, 2.75) is 19.8 Å². The van der Waals surface area contributed by atoms with Crippen LogP contribution in [0.15, 0.2) is 18.2 Å². The van der Waals surface area contributed by atoms with Crippen molar-refractivity contribution in [3.63, 3.8) is 0 Å². The SMILES string of the molecule is Cc1cc(C(=N)N2CCCC2)ccc1O. The lowest BCUT2D eigenvalue weighted by atomic mass is 10.1. The second-order valence-corrected chi connectivity index (χ2v) is 4.04. The van der Waals surface area contributed by atoms with Gasteiger partial charge in [-0.05, 0) is 43.5 Å². The number of phenols is 1. The molecule has 2 rings (SSSR count). The lowest BCUT2D eigenvalue weighted by Gasteiger charge is -2.18. The van der Waals surface area contributed by atoms with Crippen molar-refractivity contribution >= 4 is 5.84 Å². The number of likely N-dealkylation sites (tertiary alicyclic amines) is 1. The fourth-order valence-electron chi connectivity index (χ4n) is 1.93. The number of aromatic hydroxyl groups is 1. The number of amidine groups is 1. The van der Waals surface area contributed by atoms with Gasteiger partial charge in [0.25, 0.3) is 0 Å². The van der Waals surface area contributed by atoms with Gasteiger partial charge in [0.1, 0.15) is 11.6 Å². The first-order valence-corrected chi connectivity index (χ1v) is 5.32. The van der Waals surface area contributed by atoms with Crippen LogP contribution in [0.3, 0.4) is 0 Å². The molecule has 1 aromatic rings. The summed E-state index contributed by atoms with van der Waals surface area (Å²) in [6.07, 6.45) is 2.36. The summed E-state index contributed by atoms with van der Waals surface area (Å²) in [5.41, 5.74) is 1.73. The van der Waals surface area contributed by atoms with Crippen LogP contribution in [0.2, 0.25) is 0 Å². The van der Waals surface area contributed by atoms with Crippen LogP contribution in [0.5, 0.6) is 5.75 Å². The molecule has 0 radical (unpaired) electrons. The third-order valence-corrected chi connectivity index (χ3v) is 2.89. The van der Waals surface area contributed by atoms with E-state index in [1.54, 1.807) is 6.07 Å². The lowest BCUT2D eigenvalue weighted by Crippen LogP contribution is -2.27. The topological polar surface area (TPSA) is 47.3 Å². The van der Waals surface area contributed by atoms with E-state index in [2.05, 4.69) is 4.90 Å². The molecule has 1 heterocycles. The molecule has 3 heteroatoms. The van der Waals surface area contributed by atoms with Gasteiger partial charge in [-0.3, -0.25) is 5.41 Å². The molecular formula is C12H16N2O. The molecule has 1 aromatic carbocycles. The van der Waals surface area contributed by atoms with Crippen molar-refractivity contribution in [1.29, 1.82) is 5.41 Å². The molecule has 2 N–H and O–H groups in total. The van der Waals surface area contributed by atoms with Gasteiger partial charge in [-0.1, -0.05) is 0 Å². The van der Waals surface area contributed by atoms with Crippen LogP contribution in [0.4, 0.5) is 0 Å². The first-order valence-electron chi connectivity index (χ1n) is 5.32. The maximum absolute atomic E-state index is 9.41. The van der Waals surface area contributed by atoms with Crippen molar-refractivity contribution in [2.75, 3.05) is 13.1 Å². The molecule has 15 heavy (non-hydrogen) atoms. The van der Waals surface area contributed by atoms with E-state index < -0.39 is 0 Å². The molecule has 0 aromatic heterocycles. The summed E-state index contributed by atoms with van der Waals surface area (Å²) in [4.78, 5) is 2.09. The van der Waals surface area contributed by atoms with Gasteiger partial charge < -0.3 is 10.0 Å². The fourth-order valence-corrected chi connectivity index (χ4v) is 1.93. The van der Waals surface area contributed by atoms with Gasteiger partial charge in [-0.15, -0.1) is 0 Å². The molecule has 0 bridgehead atoms. The fraction of sp³-hybridized carbons (Fsp3) is 0.417. The average molecular weight is 204 g/mol. The minimum absolute atomic E-state index is 0.299. The standard InChI is InChI=1S/C12H16N2O/c1-9-8-10(4-5-11(9)15)12(13)14-6-2-3-7-14/h4-5,8,13,15H,2-3,6-7H2,1H3. The lowest BCUT2D eigenvalue weighted by molar-refractivity contribution is 0.471. The summed E-state index contributed by atoms with van der Waals surface area (Å²) < 4.78 is 0. The van der Waals surface area contributed by atoms with Gasteiger partial charge in [0.05, 0.1) is 0 Å². The highest BCUT2D eigenvalue weighted by molar-refractivity contribution is 5.96. The van der Waals surface area contributed by atoms with Crippen molar-refractivity contribution in [3.8, 4) is 5.75 Å². The Labute approximate surface area is 89.9 Å². The number of hydrogen-bond acceptors (Lipinski definition) is 2. The normalized spacial score (nSPS) is 15.7. The van der Waals surface area contributed by atoms with E-state index >= 15 is 0 Å². The van der Waals surface area contributed by atoms with Gasteiger partial charge in [-0.2, -0.15) is 0 Å². The van der Waals surface area contributed by atoms with Gasteiger partial charge in [0.2, 0.25) is 0 Å². The number of phenolic OH excluding ortho intramolecular Hbond substituents is 1. The number of rotatable bonds is 1. The monoisotopic (exact) mass is 204 g/mol. The number of hydrogen-bond donors (Lipinski definition) is 2. The Kier molecular flexibility index (Phi) is 2.62. The second-order valence-electron chi connectivity index (χ2n) is 4.04. The molecule has 1 fully saturated rings. The first kappa shape index (κ1) is 10.0. The summed E-state index contributed by atoms with van der Waals surface area (Å²) in [5, 5.41) is 17.4. The van der Waals surface area contributed by atoms with Crippen LogP contribution in [0.25, 0.3) is 0 Å². The minimum atomic E-state index is 0.299. The third kappa shape index (κ3) is 1.96. The zero-order valence-electron chi connectivity index (χ0n) is 8.95. The highest BCUT2D eigenvalue weighted by atomic mass is 16.3. The van der Waals surface area contributed by atoms with Crippen molar-refractivity contribution in [1.82, 2.24) is 4.90 Å². The van der Waals surface area contributed by atoms with E-state index in [1.165, 1.54) is 12.8 Å². The molecule has 0 amide bonds. The van der Waals surface area contributed by atoms with E-state index in [9.17, 15) is 5.11 Å². The maximum Gasteiger partial charge on any atom is 0.128 e. The molecule has 0 aliphatic carbocycles. The molecule has 1 saturated heterocycles. The van der Waals surface area contributed by atoms with Crippen LogP contribution in [0.1, 0.15) is 24.0 Å². The van der Waals surface area contributed by atoms with Gasteiger partial charge >= 0.3 is 0 Å². The van der Waals surface area contributed by atoms with Gasteiger partial charge in [0, 0.05) is 18.7 Å². The van der Waals surface area contributed by atoms with Crippen molar-refractivity contribution in [2.24, 2.45) is 0 Å². The highest BCUT2D eigenvalue weighted by Crippen LogP contribution is 2.19. The van der Waals surface area contributed by atoms with Crippen molar-refractivity contribution in [3.05, 3.63) is 29.3 Å². The molecule has 3 nitrogen and oxygen atoms in total. The zero-order valence-corrected chi connectivity index (χ0v) is 8.95. The van der Waals surface area contributed by atoms with E-state index in [0.717, 1.165) is 24.2 Å². The molecule has 0 spiro atoms. The van der Waals surface area contributed by atoms with Gasteiger partial charge in [0.15, 0.2) is 0 Å². The summed E-state index contributed by atoms with van der Waals surface area (Å²) in [5.74, 6) is 0.878. The predicted octanol–water partition coefficient (Wildman–Crippen LogP) is 2.12. The third-order valence-electron chi connectivity index (χ3n) is 2.89. The Hall–Kier alpha value is -1.51. The van der Waals surface area contributed by atoms with Crippen LogP contribution >= 0.6 is 0 Å². The summed E-state index contributed by atoms with van der Waals surface area (Å²) in [6, 6.07) is 5.34. The molecule has 0 saturated carbocycles. The molecule has 0 unspecified atom stereocenters. The summed E-state index contributed by atoms with van der Waals surface area (Å²) in [6.45, 7) is 3.83. The smallest absolute Gasteiger partial charge is 0.128 e. The second kappa shape index (κ2) is 3.93. The Bertz CT molecular complexity index is 381. The number of nitrogens with one attached hydrogen (secondary N) is 1. The van der Waals surface area contributed by atoms with E-state index in [0.29, 0.717) is 11.6 Å². The number of benzene rings is 1. The van der Waals surface area contributed by atoms with E-state index in [1.807, 2.05) is 19.1 Å². The Morgan fingerprint density at radius 2 is 2.00 bits per heavy atom. The Morgan fingerprint density at radius 1 is 1.33 bits per heavy atom. The molecule has 0 atom stereocenters. The quantitative estimate of drug-likeness (QED) is 0.543. The molecule has 1 aliphatic heterocycles.